The van der Waals surface area contributed by atoms with E-state index in [0.717, 1.165) is 0 Å². The molecule has 0 saturated heterocycles. The molecule has 0 fully saturated rings. The number of carbonyl (C=O) groups excluding carboxylic acids is 1. The van der Waals surface area contributed by atoms with Gasteiger partial charge in [0.1, 0.15) is 5.75 Å². The molecule has 0 saturated carbocycles. The molecule has 0 spiro atoms. The summed E-state index contributed by atoms with van der Waals surface area (Å²) < 4.78 is 34.9. The van der Waals surface area contributed by atoms with Crippen LogP contribution in [0, 0.1) is 0 Å². The summed E-state index contributed by atoms with van der Waals surface area (Å²) in [5.74, 6) is 0.0198. The van der Waals surface area contributed by atoms with E-state index in [1.165, 1.54) is 0 Å². The Morgan fingerprint density at radius 2 is 1.47 bits per heavy atom. The summed E-state index contributed by atoms with van der Waals surface area (Å²) in [4.78, 5) is 12.5. The van der Waals surface area contributed by atoms with Gasteiger partial charge in [0.05, 0.1) is 37.4 Å². The van der Waals surface area contributed by atoms with Crippen molar-refractivity contribution in [3.05, 3.63) is 54.1 Å². The van der Waals surface area contributed by atoms with Crippen LogP contribution in [0.4, 0.5) is 5.69 Å². The lowest BCUT2D eigenvalue weighted by molar-refractivity contribution is -0.110. The highest BCUT2D eigenvalue weighted by atomic mass is 32.5. The molecule has 0 aromatic heterocycles. The average molecular weight is 600 g/mol. The maximum Gasteiger partial charge on any atom is 0.381 e. The number of anilines is 1. The van der Waals surface area contributed by atoms with Crippen LogP contribution in [0.1, 0.15) is 33.3 Å². The number of amides is 1. The first kappa shape index (κ1) is 30.5. The smallest absolute Gasteiger partial charge is 0.381 e. The van der Waals surface area contributed by atoms with E-state index < -0.39 is 13.2 Å². The van der Waals surface area contributed by atoms with Gasteiger partial charge in [-0.3, -0.25) is 13.8 Å². The quantitative estimate of drug-likeness (QED) is 0.137. The molecule has 2 aromatic rings. The van der Waals surface area contributed by atoms with Crippen LogP contribution in [0.2, 0.25) is 0 Å². The number of fused-ring (bicyclic) bond motifs is 1. The van der Waals surface area contributed by atoms with E-state index in [1.54, 1.807) is 44.2 Å². The second kappa shape index (κ2) is 14.4. The van der Waals surface area contributed by atoms with Gasteiger partial charge in [0, 0.05) is 17.4 Å². The molecular formula is C24H31N3O7P2S2. The molecule has 3 rings (SSSR count). The molecule has 206 valence electrons. The molecule has 1 amide bonds. The SMILES string of the molecule is CCOP(=S)(OCC)O/C(COc1ccccc1P(=S)(OCC)OCC)=N\N=C1/C(=O)Nc2ccccc21. The number of hydrogen-bond donors (Lipinski definition) is 1. The standard InChI is InChI=1S/C24H31N3O7P2S2/c1-5-30-35(37,31-6-2)21-16-12-11-15-20(21)29-17-22(34-36(38,32-7-3)33-8-4)26-27-23-18-13-9-10-14-19(18)25-24(23)28/h9-16H,5-8,17H2,1-4H3,(H,25,27,28)/b26-22-. The number of para-hydroxylation sites is 2. The third-order valence-electron chi connectivity index (χ3n) is 4.81. The summed E-state index contributed by atoms with van der Waals surface area (Å²) in [5, 5.41) is 11.7. The number of ether oxygens (including phenoxy) is 1. The Kier molecular flexibility index (Phi) is 11.6. The second-order valence-corrected chi connectivity index (χ2v) is 13.8. The first-order valence-electron chi connectivity index (χ1n) is 12.0. The van der Waals surface area contributed by atoms with Gasteiger partial charge in [-0.15, -0.1) is 10.2 Å². The van der Waals surface area contributed by atoms with Crippen molar-refractivity contribution in [3.63, 3.8) is 0 Å². The van der Waals surface area contributed by atoms with Gasteiger partial charge in [0.2, 0.25) is 6.49 Å². The fourth-order valence-electron chi connectivity index (χ4n) is 3.38. The Morgan fingerprint density at radius 1 is 0.868 bits per heavy atom. The van der Waals surface area contributed by atoms with Crippen molar-refractivity contribution in [2.75, 3.05) is 38.4 Å². The molecule has 0 unspecified atom stereocenters. The molecule has 1 N–H and O–H groups in total. The molecule has 1 heterocycles. The summed E-state index contributed by atoms with van der Waals surface area (Å²) in [6.45, 7) is 2.32. The van der Waals surface area contributed by atoms with Gasteiger partial charge in [-0.25, -0.2) is 0 Å². The van der Waals surface area contributed by atoms with E-state index >= 15 is 0 Å². The van der Waals surface area contributed by atoms with Gasteiger partial charge in [-0.05, 0) is 57.7 Å². The first-order valence-corrected chi connectivity index (χ1v) is 17.2. The number of carbonyl (C=O) groups is 1. The average Bonchev–Trinajstić information content (AvgIpc) is 3.21. The van der Waals surface area contributed by atoms with E-state index in [0.29, 0.717) is 35.5 Å². The van der Waals surface area contributed by atoms with Gasteiger partial charge >= 0.3 is 6.72 Å². The van der Waals surface area contributed by atoms with E-state index in [4.69, 9.17) is 51.0 Å². The summed E-state index contributed by atoms with van der Waals surface area (Å²) >= 11 is 11.3. The number of benzene rings is 2. The third-order valence-corrected chi connectivity index (χ3v) is 10.6. The second-order valence-electron chi connectivity index (χ2n) is 7.41. The van der Waals surface area contributed by atoms with Crippen molar-refractivity contribution < 1.29 is 32.2 Å². The lowest BCUT2D eigenvalue weighted by Gasteiger charge is -2.24. The predicted molar refractivity (Wildman–Crippen MR) is 157 cm³/mol. The third kappa shape index (κ3) is 7.77. The van der Waals surface area contributed by atoms with Crippen molar-refractivity contribution in [3.8, 4) is 5.75 Å². The zero-order valence-electron chi connectivity index (χ0n) is 21.6. The molecule has 1 aliphatic rings. The van der Waals surface area contributed by atoms with Gasteiger partial charge in [0.15, 0.2) is 12.3 Å². The fraction of sp³-hybridized carbons (Fsp3) is 0.375. The van der Waals surface area contributed by atoms with Crippen LogP contribution in [0.5, 0.6) is 5.75 Å². The van der Waals surface area contributed by atoms with Gasteiger partial charge in [0.25, 0.3) is 11.8 Å². The minimum absolute atomic E-state index is 0.0316. The number of nitrogens with zero attached hydrogens (tertiary/aromatic N) is 2. The minimum atomic E-state index is -3.22. The molecule has 14 heteroatoms. The lowest BCUT2D eigenvalue weighted by atomic mass is 10.1. The molecule has 0 radical (unpaired) electrons. The Labute approximate surface area is 233 Å². The highest BCUT2D eigenvalue weighted by Gasteiger charge is 2.29. The number of rotatable bonds is 14. The molecule has 38 heavy (non-hydrogen) atoms. The first-order chi connectivity index (χ1) is 18.3. The molecule has 10 nitrogen and oxygen atoms in total. The number of hydrogen-bond acceptors (Lipinski definition) is 11. The summed E-state index contributed by atoms with van der Waals surface area (Å²) in [6.07, 6.45) is 0. The predicted octanol–water partition coefficient (Wildman–Crippen LogP) is 5.14. The number of nitrogens with one attached hydrogen (secondary N) is 1. The molecule has 1 aliphatic heterocycles. The maximum atomic E-state index is 12.5. The van der Waals surface area contributed by atoms with E-state index in [2.05, 4.69) is 15.5 Å². The Morgan fingerprint density at radius 3 is 2.13 bits per heavy atom. The van der Waals surface area contributed by atoms with Crippen molar-refractivity contribution in [2.24, 2.45) is 10.2 Å². The topological polar surface area (TPSA) is 109 Å². The molecule has 0 aliphatic carbocycles. The molecule has 0 bridgehead atoms. The minimum Gasteiger partial charge on any atom is -0.483 e. The van der Waals surface area contributed by atoms with E-state index in [9.17, 15) is 4.79 Å². The zero-order chi connectivity index (χ0) is 27.6. The van der Waals surface area contributed by atoms with Crippen LogP contribution < -0.4 is 15.4 Å². The van der Waals surface area contributed by atoms with Crippen molar-refractivity contribution in [2.45, 2.75) is 27.7 Å². The normalized spacial score (nSPS) is 14.9. The van der Waals surface area contributed by atoms with Gasteiger partial charge in [-0.2, -0.15) is 0 Å². The van der Waals surface area contributed by atoms with Crippen molar-refractivity contribution >= 4 is 65.3 Å². The lowest BCUT2D eigenvalue weighted by Crippen LogP contribution is -2.20. The maximum absolute atomic E-state index is 12.5. The van der Waals surface area contributed by atoms with Crippen LogP contribution in [-0.2, 0) is 51.0 Å². The van der Waals surface area contributed by atoms with Crippen LogP contribution in [0.3, 0.4) is 0 Å². The van der Waals surface area contributed by atoms with Crippen LogP contribution in [0.25, 0.3) is 0 Å². The summed E-state index contributed by atoms with van der Waals surface area (Å²) in [7, 11) is 0. The zero-order valence-corrected chi connectivity index (χ0v) is 25.0. The Bertz CT molecular complexity index is 1270. The van der Waals surface area contributed by atoms with Gasteiger partial charge in [-0.1, -0.05) is 30.3 Å². The van der Waals surface area contributed by atoms with Crippen LogP contribution in [0.15, 0.2) is 58.7 Å². The monoisotopic (exact) mass is 599 g/mol. The van der Waals surface area contributed by atoms with E-state index in [1.807, 2.05) is 32.0 Å². The molecule has 2 aromatic carbocycles. The summed E-state index contributed by atoms with van der Waals surface area (Å²) in [5.41, 5.74) is 1.40. The van der Waals surface area contributed by atoms with Crippen molar-refractivity contribution in [1.82, 2.24) is 0 Å². The fourth-order valence-corrected chi connectivity index (χ4v) is 8.22. The summed E-state index contributed by atoms with van der Waals surface area (Å²) in [6, 6.07) is 14.4. The largest absolute Gasteiger partial charge is 0.483 e. The molecular weight excluding hydrogens is 568 g/mol. The highest BCUT2D eigenvalue weighted by molar-refractivity contribution is 8.13. The Balaban J connectivity index is 1.97. The van der Waals surface area contributed by atoms with Crippen molar-refractivity contribution in [1.29, 1.82) is 0 Å². The molecule has 0 atom stereocenters. The van der Waals surface area contributed by atoms with Crippen LogP contribution >= 0.6 is 13.2 Å². The van der Waals surface area contributed by atoms with Gasteiger partial charge < -0.3 is 23.6 Å². The Hall–Kier alpha value is -2.01. The highest BCUT2D eigenvalue weighted by Crippen LogP contribution is 2.51. The van der Waals surface area contributed by atoms with Crippen LogP contribution in [-0.4, -0.2) is 50.6 Å². The van der Waals surface area contributed by atoms with E-state index in [-0.39, 0.29) is 37.3 Å².